The van der Waals surface area contributed by atoms with Gasteiger partial charge in [0.1, 0.15) is 11.8 Å². The normalized spacial score (nSPS) is 13.8. The van der Waals surface area contributed by atoms with Crippen molar-refractivity contribution in [3.05, 3.63) is 35.9 Å². The van der Waals surface area contributed by atoms with Gasteiger partial charge in [-0.25, -0.2) is 4.79 Å². The first kappa shape index (κ1) is 21.1. The number of rotatable bonds is 11. The molecule has 1 aromatic carbocycles. The molecule has 1 rings (SSSR count). The molecule has 25 heavy (non-hydrogen) atoms. The van der Waals surface area contributed by atoms with E-state index in [4.69, 9.17) is 14.4 Å². The van der Waals surface area contributed by atoms with Crippen molar-refractivity contribution < 1.29 is 32.4 Å². The molecule has 0 spiro atoms. The van der Waals surface area contributed by atoms with Gasteiger partial charge in [-0.1, -0.05) is 37.3 Å². The summed E-state index contributed by atoms with van der Waals surface area (Å²) in [7, 11) is -4.52. The van der Waals surface area contributed by atoms with Gasteiger partial charge in [0, 0.05) is 13.0 Å². The third-order valence-corrected chi connectivity index (χ3v) is 4.09. The number of hydrogen-bond donors (Lipinski definition) is 3. The van der Waals surface area contributed by atoms with Gasteiger partial charge in [-0.2, -0.15) is 8.42 Å². The first-order valence-corrected chi connectivity index (χ1v) is 9.47. The van der Waals surface area contributed by atoms with E-state index in [0.717, 1.165) is 12.0 Å². The maximum Gasteiger partial charge on any atom is 0.327 e. The van der Waals surface area contributed by atoms with E-state index in [2.05, 4.69) is 5.32 Å². The Bertz CT molecular complexity index is 660. The molecule has 0 saturated heterocycles. The molecule has 0 saturated carbocycles. The molecule has 0 aliphatic heterocycles. The summed E-state index contributed by atoms with van der Waals surface area (Å²) in [4.78, 5) is 22.9. The molecular weight excluding hydrogens is 350 g/mol. The Morgan fingerprint density at radius 2 is 1.88 bits per heavy atom. The maximum atomic E-state index is 11.9. The fourth-order valence-corrected chi connectivity index (χ4v) is 2.84. The highest BCUT2D eigenvalue weighted by molar-refractivity contribution is 7.85. The monoisotopic (exact) mass is 373 g/mol. The van der Waals surface area contributed by atoms with Crippen LogP contribution in [0.15, 0.2) is 30.3 Å². The molecule has 140 valence electrons. The molecule has 1 unspecified atom stereocenters. The van der Waals surface area contributed by atoms with Crippen molar-refractivity contribution in [3.8, 4) is 0 Å². The lowest BCUT2D eigenvalue weighted by Gasteiger charge is -2.19. The smallest absolute Gasteiger partial charge is 0.327 e. The van der Waals surface area contributed by atoms with Crippen LogP contribution in [0.25, 0.3) is 0 Å². The molecule has 3 N–H and O–H groups in total. The zero-order valence-electron chi connectivity index (χ0n) is 13.9. The Morgan fingerprint density at radius 3 is 2.40 bits per heavy atom. The number of hydrogen-bond acceptors (Lipinski definition) is 5. The number of carbonyl (C=O) groups excluding carboxylic acids is 1. The summed E-state index contributed by atoms with van der Waals surface area (Å²) in [5.74, 6) is -3.24. The second-order valence-electron chi connectivity index (χ2n) is 5.52. The minimum Gasteiger partial charge on any atom is -0.480 e. The van der Waals surface area contributed by atoms with Crippen LogP contribution in [-0.2, 0) is 24.4 Å². The predicted octanol–water partition coefficient (Wildman–Crippen LogP) is 1.39. The van der Waals surface area contributed by atoms with E-state index in [0.29, 0.717) is 13.0 Å². The second-order valence-corrected chi connectivity index (χ2v) is 7.01. The lowest BCUT2D eigenvalue weighted by Crippen LogP contribution is -2.45. The summed E-state index contributed by atoms with van der Waals surface area (Å²) in [6, 6.07) is 7.61. The fourth-order valence-electron chi connectivity index (χ4n) is 2.19. The molecule has 0 bridgehead atoms. The van der Waals surface area contributed by atoms with Crippen LogP contribution in [0.5, 0.6) is 0 Å². The topological polar surface area (TPSA) is 130 Å². The van der Waals surface area contributed by atoms with Crippen molar-refractivity contribution in [1.82, 2.24) is 5.32 Å². The van der Waals surface area contributed by atoms with E-state index in [9.17, 15) is 18.0 Å². The van der Waals surface area contributed by atoms with E-state index in [-0.39, 0.29) is 12.5 Å². The first-order chi connectivity index (χ1) is 11.7. The van der Waals surface area contributed by atoms with Gasteiger partial charge < -0.3 is 15.2 Å². The summed E-state index contributed by atoms with van der Waals surface area (Å²) in [6.45, 7) is 2.48. The van der Waals surface area contributed by atoms with Gasteiger partial charge in [-0.05, 0) is 18.4 Å². The number of aliphatic carboxylic acids is 1. The van der Waals surface area contributed by atoms with Crippen LogP contribution in [0.1, 0.15) is 37.9 Å². The molecule has 0 fully saturated rings. The molecule has 0 radical (unpaired) electrons. The van der Waals surface area contributed by atoms with Gasteiger partial charge in [0.15, 0.2) is 0 Å². The third kappa shape index (κ3) is 8.62. The molecular formula is C16H23NO7S. The van der Waals surface area contributed by atoms with Crippen molar-refractivity contribution in [2.45, 2.75) is 38.3 Å². The molecule has 8 nitrogen and oxygen atoms in total. The summed E-state index contributed by atoms with van der Waals surface area (Å²) >= 11 is 0. The Labute approximate surface area is 146 Å². The van der Waals surface area contributed by atoms with Crippen molar-refractivity contribution in [1.29, 1.82) is 0 Å². The number of nitrogens with one attached hydrogen (secondary N) is 1. The minimum absolute atomic E-state index is 0.0431. The lowest BCUT2D eigenvalue weighted by atomic mass is 10.0. The average Bonchev–Trinajstić information content (AvgIpc) is 2.54. The van der Waals surface area contributed by atoms with Crippen LogP contribution in [0.4, 0.5) is 0 Å². The maximum absolute atomic E-state index is 11.9. The van der Waals surface area contributed by atoms with Crippen molar-refractivity contribution in [2.24, 2.45) is 0 Å². The molecule has 2 atom stereocenters. The van der Waals surface area contributed by atoms with Gasteiger partial charge in [0.25, 0.3) is 10.1 Å². The summed E-state index contributed by atoms with van der Waals surface area (Å²) in [5.41, 5.74) is 0.900. The Hall–Kier alpha value is -1.97. The van der Waals surface area contributed by atoms with Crippen molar-refractivity contribution in [2.75, 3.05) is 12.4 Å². The summed E-state index contributed by atoms with van der Waals surface area (Å²) < 4.78 is 36.1. The Morgan fingerprint density at radius 1 is 1.24 bits per heavy atom. The first-order valence-electron chi connectivity index (χ1n) is 7.86. The predicted molar refractivity (Wildman–Crippen MR) is 90.6 cm³/mol. The number of carboxylic acid groups (broad SMARTS) is 1. The number of carboxylic acids is 1. The van der Waals surface area contributed by atoms with Crippen LogP contribution in [0.3, 0.4) is 0 Å². The van der Waals surface area contributed by atoms with Crippen LogP contribution < -0.4 is 5.32 Å². The van der Waals surface area contributed by atoms with Gasteiger partial charge in [-0.15, -0.1) is 0 Å². The summed E-state index contributed by atoms with van der Waals surface area (Å²) in [6.07, 6.45) is 0.758. The Kier molecular flexibility index (Phi) is 8.53. The van der Waals surface area contributed by atoms with Crippen molar-refractivity contribution in [3.63, 3.8) is 0 Å². The average molecular weight is 373 g/mol. The highest BCUT2D eigenvalue weighted by Crippen LogP contribution is 2.22. The number of benzene rings is 1. The fraction of sp³-hybridized carbons (Fsp3) is 0.500. The van der Waals surface area contributed by atoms with Crippen LogP contribution >= 0.6 is 0 Å². The lowest BCUT2D eigenvalue weighted by molar-refractivity contribution is -0.141. The highest BCUT2D eigenvalue weighted by Gasteiger charge is 2.26. The molecule has 1 aromatic rings. The zero-order valence-corrected chi connectivity index (χ0v) is 14.7. The highest BCUT2D eigenvalue weighted by atomic mass is 32.2. The van der Waals surface area contributed by atoms with Gasteiger partial charge in [-0.3, -0.25) is 9.35 Å². The van der Waals surface area contributed by atoms with Crippen LogP contribution in [0, 0.1) is 0 Å². The third-order valence-electron chi connectivity index (χ3n) is 3.34. The number of ether oxygens (including phenoxy) is 1. The van der Waals surface area contributed by atoms with E-state index in [1.165, 1.54) is 0 Å². The second kappa shape index (κ2) is 10.1. The van der Waals surface area contributed by atoms with Crippen LogP contribution in [-0.4, -0.2) is 48.4 Å². The SMILES string of the molecule is CCCOC(CCC(=O)N[C@@H](CS(=O)(=O)O)C(=O)O)c1ccccc1. The molecule has 0 heterocycles. The number of amides is 1. The van der Waals surface area contributed by atoms with E-state index in [1.807, 2.05) is 37.3 Å². The van der Waals surface area contributed by atoms with E-state index in [1.54, 1.807) is 0 Å². The van der Waals surface area contributed by atoms with E-state index < -0.39 is 33.8 Å². The zero-order chi connectivity index (χ0) is 18.9. The van der Waals surface area contributed by atoms with Gasteiger partial charge in [0.2, 0.25) is 5.91 Å². The molecule has 1 amide bonds. The molecule has 0 aliphatic rings. The van der Waals surface area contributed by atoms with Crippen LogP contribution in [0.2, 0.25) is 0 Å². The largest absolute Gasteiger partial charge is 0.480 e. The number of carbonyl (C=O) groups is 2. The van der Waals surface area contributed by atoms with Gasteiger partial charge in [0.05, 0.1) is 6.10 Å². The molecule has 0 aliphatic carbocycles. The standard InChI is InChI=1S/C16H23NO7S/c1-2-10-24-14(12-6-4-3-5-7-12)8-9-15(18)17-13(16(19)20)11-25(21,22)23/h3-7,13-14H,2,8-11H2,1H3,(H,17,18)(H,19,20)(H,21,22,23)/t13-,14?/m0/s1. The van der Waals surface area contributed by atoms with Gasteiger partial charge >= 0.3 is 5.97 Å². The van der Waals surface area contributed by atoms with Crippen molar-refractivity contribution >= 4 is 22.0 Å². The molecule has 9 heteroatoms. The minimum atomic E-state index is -4.52. The quantitative estimate of drug-likeness (QED) is 0.500. The Balaban J connectivity index is 2.65. The summed E-state index contributed by atoms with van der Waals surface area (Å²) in [5, 5.41) is 11.0. The van der Waals surface area contributed by atoms with E-state index >= 15 is 0 Å². The molecule has 0 aromatic heterocycles.